The van der Waals surface area contributed by atoms with Gasteiger partial charge in [-0.3, -0.25) is 0 Å². The third-order valence-corrected chi connectivity index (χ3v) is 2.29. The van der Waals surface area contributed by atoms with Crippen molar-refractivity contribution in [3.05, 3.63) is 36.1 Å². The maximum Gasteiger partial charge on any atom is 0.123 e. The molecule has 4 heteroatoms. The lowest BCUT2D eigenvalue weighted by Crippen LogP contribution is -1.78. The Balaban J connectivity index is 2.41. The van der Waals surface area contributed by atoms with E-state index in [0.29, 0.717) is 5.00 Å². The van der Waals surface area contributed by atoms with E-state index in [-0.39, 0.29) is 5.82 Å². The van der Waals surface area contributed by atoms with Gasteiger partial charge in [-0.15, -0.1) is 0 Å². The Bertz CT molecular complexity index is 408. The van der Waals surface area contributed by atoms with Crippen molar-refractivity contribution in [2.45, 2.75) is 0 Å². The van der Waals surface area contributed by atoms with Gasteiger partial charge in [0.1, 0.15) is 10.8 Å². The molecule has 2 nitrogen and oxygen atoms in total. The molecule has 0 aliphatic carbocycles. The van der Waals surface area contributed by atoms with Crippen LogP contribution >= 0.6 is 11.5 Å². The van der Waals surface area contributed by atoms with Gasteiger partial charge in [0.2, 0.25) is 0 Å². The molecule has 0 atom stereocenters. The van der Waals surface area contributed by atoms with Crippen LogP contribution in [0.2, 0.25) is 0 Å². The van der Waals surface area contributed by atoms with Crippen LogP contribution in [-0.4, -0.2) is 4.37 Å². The van der Waals surface area contributed by atoms with Gasteiger partial charge < -0.3 is 5.73 Å². The highest BCUT2D eigenvalue weighted by Gasteiger charge is 2.01. The first-order valence-electron chi connectivity index (χ1n) is 3.74. The van der Waals surface area contributed by atoms with Crippen LogP contribution in [0.3, 0.4) is 0 Å². The molecule has 2 N–H and O–H groups in total. The van der Waals surface area contributed by atoms with Crippen molar-refractivity contribution in [1.29, 1.82) is 0 Å². The summed E-state index contributed by atoms with van der Waals surface area (Å²) in [6.45, 7) is 0. The zero-order valence-corrected chi connectivity index (χ0v) is 7.51. The normalized spacial score (nSPS) is 10.2. The molecule has 0 radical (unpaired) electrons. The fourth-order valence-electron chi connectivity index (χ4n) is 1.05. The van der Waals surface area contributed by atoms with E-state index in [1.807, 2.05) is 0 Å². The summed E-state index contributed by atoms with van der Waals surface area (Å²) < 4.78 is 16.7. The average molecular weight is 194 g/mol. The van der Waals surface area contributed by atoms with Gasteiger partial charge in [-0.05, 0) is 35.8 Å². The number of hydrogen-bond acceptors (Lipinski definition) is 3. The summed E-state index contributed by atoms with van der Waals surface area (Å²) in [5, 5.41) is 0.666. The van der Waals surface area contributed by atoms with E-state index in [2.05, 4.69) is 4.37 Å². The maximum absolute atomic E-state index is 12.6. The molecule has 0 bridgehead atoms. The minimum Gasteiger partial charge on any atom is -0.389 e. The van der Waals surface area contributed by atoms with Crippen molar-refractivity contribution < 1.29 is 4.39 Å². The summed E-state index contributed by atoms with van der Waals surface area (Å²) in [5.74, 6) is -0.244. The Labute approximate surface area is 79.0 Å². The molecule has 0 amide bonds. The van der Waals surface area contributed by atoms with Crippen LogP contribution < -0.4 is 5.73 Å². The lowest BCUT2D eigenvalue weighted by atomic mass is 10.1. The summed E-state index contributed by atoms with van der Waals surface area (Å²) in [6.07, 6.45) is 0. The fourth-order valence-corrected chi connectivity index (χ4v) is 1.57. The zero-order chi connectivity index (χ0) is 9.26. The predicted molar refractivity (Wildman–Crippen MR) is 51.9 cm³/mol. The molecule has 0 aliphatic heterocycles. The third-order valence-electron chi connectivity index (χ3n) is 1.67. The number of nitrogens with zero attached hydrogens (tertiary/aromatic N) is 1. The topological polar surface area (TPSA) is 38.9 Å². The Kier molecular flexibility index (Phi) is 1.98. The molecule has 0 spiro atoms. The molecule has 0 unspecified atom stereocenters. The first-order valence-corrected chi connectivity index (χ1v) is 4.51. The van der Waals surface area contributed by atoms with E-state index in [9.17, 15) is 4.39 Å². The van der Waals surface area contributed by atoms with E-state index in [1.54, 1.807) is 18.2 Å². The molecule has 0 fully saturated rings. The molecule has 1 heterocycles. The summed E-state index contributed by atoms with van der Waals surface area (Å²) in [4.78, 5) is 0. The van der Waals surface area contributed by atoms with Crippen LogP contribution in [-0.2, 0) is 0 Å². The monoisotopic (exact) mass is 194 g/mol. The van der Waals surface area contributed by atoms with E-state index >= 15 is 0 Å². The summed E-state index contributed by atoms with van der Waals surface area (Å²) in [6, 6.07) is 7.96. The molecule has 2 aromatic rings. The summed E-state index contributed by atoms with van der Waals surface area (Å²) in [7, 11) is 0. The van der Waals surface area contributed by atoms with Crippen LogP contribution in [0.25, 0.3) is 11.3 Å². The number of hydrogen-bond donors (Lipinski definition) is 1. The summed E-state index contributed by atoms with van der Waals surface area (Å²) >= 11 is 1.24. The van der Waals surface area contributed by atoms with Crippen LogP contribution in [0, 0.1) is 5.82 Å². The number of nitrogen functional groups attached to an aromatic ring is 1. The number of aromatic nitrogens is 1. The number of benzene rings is 1. The van der Waals surface area contributed by atoms with Gasteiger partial charge in [0.05, 0.1) is 5.69 Å². The van der Waals surface area contributed by atoms with Gasteiger partial charge in [0.25, 0.3) is 0 Å². The number of rotatable bonds is 1. The van der Waals surface area contributed by atoms with Gasteiger partial charge in [0.15, 0.2) is 0 Å². The first-order chi connectivity index (χ1) is 6.25. The zero-order valence-electron chi connectivity index (χ0n) is 6.70. The van der Waals surface area contributed by atoms with Crippen molar-refractivity contribution in [2.75, 3.05) is 5.73 Å². The van der Waals surface area contributed by atoms with Crippen molar-refractivity contribution in [2.24, 2.45) is 0 Å². The lowest BCUT2D eigenvalue weighted by molar-refractivity contribution is 0.628. The first kappa shape index (κ1) is 8.19. The predicted octanol–water partition coefficient (Wildman–Crippen LogP) is 2.53. The van der Waals surface area contributed by atoms with Crippen LogP contribution in [0.1, 0.15) is 0 Å². The van der Waals surface area contributed by atoms with E-state index < -0.39 is 0 Å². The van der Waals surface area contributed by atoms with Crippen LogP contribution in [0.4, 0.5) is 9.39 Å². The minimum atomic E-state index is -0.244. The second-order valence-electron chi connectivity index (χ2n) is 2.62. The number of nitrogens with two attached hydrogens (primary N) is 1. The average Bonchev–Trinajstić information content (AvgIpc) is 2.53. The quantitative estimate of drug-likeness (QED) is 0.757. The largest absolute Gasteiger partial charge is 0.389 e. The Morgan fingerprint density at radius 3 is 2.46 bits per heavy atom. The Morgan fingerprint density at radius 1 is 1.23 bits per heavy atom. The minimum absolute atomic E-state index is 0.244. The van der Waals surface area contributed by atoms with E-state index in [1.165, 1.54) is 23.7 Å². The van der Waals surface area contributed by atoms with Gasteiger partial charge in [-0.25, -0.2) is 4.39 Å². The smallest absolute Gasteiger partial charge is 0.123 e. The maximum atomic E-state index is 12.6. The molecule has 1 aromatic carbocycles. The SMILES string of the molecule is Nc1cc(-c2ccc(F)cc2)ns1. The van der Waals surface area contributed by atoms with Crippen molar-refractivity contribution in [1.82, 2.24) is 4.37 Å². The highest BCUT2D eigenvalue weighted by atomic mass is 32.1. The second kappa shape index (κ2) is 3.14. The Morgan fingerprint density at radius 2 is 1.92 bits per heavy atom. The number of anilines is 1. The van der Waals surface area contributed by atoms with Gasteiger partial charge in [-0.2, -0.15) is 4.37 Å². The molecule has 0 saturated heterocycles. The van der Waals surface area contributed by atoms with Crippen molar-refractivity contribution >= 4 is 16.5 Å². The molecule has 1 aromatic heterocycles. The van der Waals surface area contributed by atoms with E-state index in [4.69, 9.17) is 5.73 Å². The number of halogens is 1. The molecule has 0 aliphatic rings. The van der Waals surface area contributed by atoms with Crippen molar-refractivity contribution in [3.63, 3.8) is 0 Å². The molecular weight excluding hydrogens is 187 g/mol. The highest BCUT2D eigenvalue weighted by Crippen LogP contribution is 2.22. The van der Waals surface area contributed by atoms with Gasteiger partial charge >= 0.3 is 0 Å². The van der Waals surface area contributed by atoms with E-state index in [0.717, 1.165) is 11.3 Å². The van der Waals surface area contributed by atoms with Gasteiger partial charge in [-0.1, -0.05) is 0 Å². The van der Waals surface area contributed by atoms with Crippen LogP contribution in [0.5, 0.6) is 0 Å². The van der Waals surface area contributed by atoms with Crippen molar-refractivity contribution in [3.8, 4) is 11.3 Å². The Hall–Kier alpha value is -1.42. The highest BCUT2D eigenvalue weighted by molar-refractivity contribution is 7.10. The molecule has 0 saturated carbocycles. The van der Waals surface area contributed by atoms with Gasteiger partial charge in [0, 0.05) is 11.6 Å². The fraction of sp³-hybridized carbons (Fsp3) is 0. The molecule has 2 rings (SSSR count). The lowest BCUT2D eigenvalue weighted by Gasteiger charge is -1.94. The van der Waals surface area contributed by atoms with Crippen LogP contribution in [0.15, 0.2) is 30.3 Å². The second-order valence-corrected chi connectivity index (χ2v) is 3.46. The standard InChI is InChI=1S/C9H7FN2S/c10-7-3-1-6(2-4-7)8-5-9(11)13-12-8/h1-5H,11H2. The molecule has 13 heavy (non-hydrogen) atoms. The molecule has 66 valence electrons. The third kappa shape index (κ3) is 1.67. The molecular formula is C9H7FN2S. The summed E-state index contributed by atoms with van der Waals surface area (Å²) in [5.41, 5.74) is 7.21.